The number of hydrogen-bond donors (Lipinski definition) is 1. The number of amides is 1. The van der Waals surface area contributed by atoms with E-state index in [2.05, 4.69) is 21.8 Å². The van der Waals surface area contributed by atoms with Crippen LogP contribution in [-0.4, -0.2) is 37.8 Å². The zero-order valence-electron chi connectivity index (χ0n) is 14.8. The number of pyridine rings is 1. The second kappa shape index (κ2) is 7.97. The van der Waals surface area contributed by atoms with Gasteiger partial charge in [-0.15, -0.1) is 0 Å². The van der Waals surface area contributed by atoms with Crippen molar-refractivity contribution in [1.82, 2.24) is 14.6 Å². The minimum absolute atomic E-state index is 0.0578. The molecule has 26 heavy (non-hydrogen) atoms. The number of aromatic nitrogens is 1. The number of aryl methyl sites for hydroxylation is 1. The fourth-order valence-electron chi connectivity index (χ4n) is 3.36. The van der Waals surface area contributed by atoms with Gasteiger partial charge >= 0.3 is 0 Å². The van der Waals surface area contributed by atoms with E-state index >= 15 is 0 Å². The summed E-state index contributed by atoms with van der Waals surface area (Å²) in [5.74, 6) is -0.0689. The molecule has 138 valence electrons. The van der Waals surface area contributed by atoms with Gasteiger partial charge in [0.2, 0.25) is 15.9 Å². The largest absolute Gasteiger partial charge is 0.339 e. The molecule has 1 amide bonds. The van der Waals surface area contributed by atoms with Gasteiger partial charge in [0, 0.05) is 32.4 Å². The Kier molecular flexibility index (Phi) is 5.68. The molecule has 7 heteroatoms. The van der Waals surface area contributed by atoms with Crippen molar-refractivity contribution in [2.45, 2.75) is 36.6 Å². The van der Waals surface area contributed by atoms with Crippen LogP contribution in [0.4, 0.5) is 0 Å². The summed E-state index contributed by atoms with van der Waals surface area (Å²) in [7, 11) is -1.84. The molecule has 1 heterocycles. The van der Waals surface area contributed by atoms with Crippen molar-refractivity contribution in [2.75, 3.05) is 13.6 Å². The van der Waals surface area contributed by atoms with Gasteiger partial charge in [-0.25, -0.2) is 13.1 Å². The average Bonchev–Trinajstić information content (AvgIpc) is 2.67. The van der Waals surface area contributed by atoms with Crippen molar-refractivity contribution in [3.63, 3.8) is 0 Å². The molecule has 0 aliphatic heterocycles. The number of hydrogen-bond acceptors (Lipinski definition) is 4. The van der Waals surface area contributed by atoms with E-state index in [-0.39, 0.29) is 29.8 Å². The van der Waals surface area contributed by atoms with Gasteiger partial charge in [0.1, 0.15) is 4.90 Å². The Morgan fingerprint density at radius 2 is 2.08 bits per heavy atom. The third kappa shape index (κ3) is 4.11. The molecule has 1 atom stereocenters. The summed E-state index contributed by atoms with van der Waals surface area (Å²) >= 11 is 0. The lowest BCUT2D eigenvalue weighted by Gasteiger charge is -2.33. The van der Waals surface area contributed by atoms with Gasteiger partial charge < -0.3 is 4.90 Å². The minimum Gasteiger partial charge on any atom is -0.339 e. The van der Waals surface area contributed by atoms with E-state index in [0.717, 1.165) is 19.3 Å². The summed E-state index contributed by atoms with van der Waals surface area (Å²) < 4.78 is 26.8. The summed E-state index contributed by atoms with van der Waals surface area (Å²) in [6.07, 6.45) is 5.94. The topological polar surface area (TPSA) is 79.4 Å². The highest BCUT2D eigenvalue weighted by atomic mass is 32.2. The quantitative estimate of drug-likeness (QED) is 0.842. The van der Waals surface area contributed by atoms with Gasteiger partial charge in [-0.05, 0) is 42.5 Å². The van der Waals surface area contributed by atoms with Crippen LogP contribution in [0, 0.1) is 0 Å². The Balaban J connectivity index is 1.59. The zero-order chi connectivity index (χ0) is 18.6. The number of sulfonamides is 1. The Hall–Kier alpha value is -2.25. The van der Waals surface area contributed by atoms with Crippen molar-refractivity contribution in [2.24, 2.45) is 0 Å². The van der Waals surface area contributed by atoms with E-state index in [1.165, 1.54) is 29.6 Å². The van der Waals surface area contributed by atoms with Crippen LogP contribution < -0.4 is 4.72 Å². The first-order valence-electron chi connectivity index (χ1n) is 8.72. The fourth-order valence-corrected chi connectivity index (χ4v) is 4.36. The molecule has 0 saturated carbocycles. The average molecular weight is 373 g/mol. The van der Waals surface area contributed by atoms with Crippen LogP contribution >= 0.6 is 0 Å². The summed E-state index contributed by atoms with van der Waals surface area (Å²) in [6.45, 7) is 0.0643. The molecule has 1 aliphatic carbocycles. The first-order chi connectivity index (χ1) is 12.5. The van der Waals surface area contributed by atoms with Gasteiger partial charge in [-0.1, -0.05) is 24.3 Å². The van der Waals surface area contributed by atoms with Crippen LogP contribution in [0.3, 0.4) is 0 Å². The Bertz CT molecular complexity index is 869. The number of nitrogens with one attached hydrogen (secondary N) is 1. The standard InChI is InChI=1S/C19H23N3O3S/c1-22(18-10-4-7-15-6-2-3-9-17(15)18)19(23)11-13-21-26(24,25)16-8-5-12-20-14-16/h2-3,5-6,8-9,12,14,18,21H,4,7,10-11,13H2,1H3. The van der Waals surface area contributed by atoms with Crippen LogP contribution in [-0.2, 0) is 21.2 Å². The number of benzene rings is 1. The zero-order valence-corrected chi connectivity index (χ0v) is 15.6. The number of carbonyl (C=O) groups excluding carboxylic acids is 1. The molecule has 0 saturated heterocycles. The molecule has 6 nitrogen and oxygen atoms in total. The first-order valence-corrected chi connectivity index (χ1v) is 10.2. The molecule has 0 spiro atoms. The van der Waals surface area contributed by atoms with Crippen LogP contribution in [0.25, 0.3) is 0 Å². The van der Waals surface area contributed by atoms with Gasteiger partial charge in [-0.2, -0.15) is 0 Å². The van der Waals surface area contributed by atoms with E-state index in [9.17, 15) is 13.2 Å². The SMILES string of the molecule is CN(C(=O)CCNS(=O)(=O)c1cccnc1)C1CCCc2ccccc21. The summed E-state index contributed by atoms with van der Waals surface area (Å²) in [5, 5.41) is 0. The molecular weight excluding hydrogens is 350 g/mol. The monoisotopic (exact) mass is 373 g/mol. The van der Waals surface area contributed by atoms with E-state index in [4.69, 9.17) is 0 Å². The van der Waals surface area contributed by atoms with Crippen molar-refractivity contribution in [3.05, 3.63) is 59.9 Å². The molecule has 0 radical (unpaired) electrons. The maximum absolute atomic E-state index is 12.6. The molecule has 2 aromatic rings. The van der Waals surface area contributed by atoms with E-state index in [1.54, 1.807) is 18.0 Å². The Morgan fingerprint density at radius 1 is 1.27 bits per heavy atom. The first kappa shape index (κ1) is 18.5. The smallest absolute Gasteiger partial charge is 0.242 e. The molecule has 1 unspecified atom stereocenters. The highest BCUT2D eigenvalue weighted by molar-refractivity contribution is 7.89. The molecule has 0 bridgehead atoms. The predicted octanol–water partition coefficient (Wildman–Crippen LogP) is 2.29. The number of rotatable bonds is 6. The number of carbonyl (C=O) groups is 1. The fraction of sp³-hybridized carbons (Fsp3) is 0.368. The maximum atomic E-state index is 12.6. The van der Waals surface area contributed by atoms with Crippen molar-refractivity contribution < 1.29 is 13.2 Å². The molecule has 3 rings (SSSR count). The predicted molar refractivity (Wildman–Crippen MR) is 98.9 cm³/mol. The molecule has 1 aliphatic rings. The number of fused-ring (bicyclic) bond motifs is 1. The Morgan fingerprint density at radius 3 is 2.85 bits per heavy atom. The van der Waals surface area contributed by atoms with Crippen LogP contribution in [0.15, 0.2) is 53.7 Å². The van der Waals surface area contributed by atoms with Gasteiger partial charge in [0.05, 0.1) is 6.04 Å². The minimum atomic E-state index is -3.64. The van der Waals surface area contributed by atoms with Crippen LogP contribution in [0.2, 0.25) is 0 Å². The third-order valence-electron chi connectivity index (χ3n) is 4.77. The van der Waals surface area contributed by atoms with E-state index < -0.39 is 10.0 Å². The highest BCUT2D eigenvalue weighted by Gasteiger charge is 2.26. The lowest BCUT2D eigenvalue weighted by Crippen LogP contribution is -2.36. The molecular formula is C19H23N3O3S. The van der Waals surface area contributed by atoms with Gasteiger partial charge in [0.15, 0.2) is 0 Å². The lowest BCUT2D eigenvalue weighted by atomic mass is 9.87. The molecule has 0 fully saturated rings. The van der Waals surface area contributed by atoms with Gasteiger partial charge in [-0.3, -0.25) is 9.78 Å². The highest BCUT2D eigenvalue weighted by Crippen LogP contribution is 2.33. The number of nitrogens with zero attached hydrogens (tertiary/aromatic N) is 2. The van der Waals surface area contributed by atoms with Crippen LogP contribution in [0.1, 0.15) is 36.4 Å². The van der Waals surface area contributed by atoms with E-state index in [1.807, 2.05) is 12.1 Å². The summed E-state index contributed by atoms with van der Waals surface area (Å²) in [4.78, 5) is 18.2. The third-order valence-corrected chi connectivity index (χ3v) is 6.22. The second-order valence-electron chi connectivity index (χ2n) is 6.45. The van der Waals surface area contributed by atoms with Crippen molar-refractivity contribution in [3.8, 4) is 0 Å². The summed E-state index contributed by atoms with van der Waals surface area (Å²) in [5.41, 5.74) is 2.49. The molecule has 1 aromatic carbocycles. The summed E-state index contributed by atoms with van der Waals surface area (Å²) in [6, 6.07) is 11.3. The maximum Gasteiger partial charge on any atom is 0.242 e. The normalized spacial score (nSPS) is 16.7. The van der Waals surface area contributed by atoms with Gasteiger partial charge in [0.25, 0.3) is 0 Å². The van der Waals surface area contributed by atoms with Crippen molar-refractivity contribution in [1.29, 1.82) is 0 Å². The molecule has 1 N–H and O–H groups in total. The second-order valence-corrected chi connectivity index (χ2v) is 8.21. The van der Waals surface area contributed by atoms with E-state index in [0.29, 0.717) is 0 Å². The molecule has 1 aromatic heterocycles. The van der Waals surface area contributed by atoms with Crippen molar-refractivity contribution >= 4 is 15.9 Å². The lowest BCUT2D eigenvalue weighted by molar-refractivity contribution is -0.132. The van der Waals surface area contributed by atoms with Crippen LogP contribution in [0.5, 0.6) is 0 Å². The Labute approximate surface area is 154 Å².